The van der Waals surface area contributed by atoms with Crippen LogP contribution in [-0.4, -0.2) is 10.6 Å². The largest absolute Gasteiger partial charge is 0.345 e. The van der Waals surface area contributed by atoms with Crippen molar-refractivity contribution in [3.63, 3.8) is 0 Å². The summed E-state index contributed by atoms with van der Waals surface area (Å²) in [6.07, 6.45) is 2.07. The van der Waals surface area contributed by atoms with Gasteiger partial charge in [0, 0.05) is 25.0 Å². The molecule has 2 aromatic carbocycles. The first kappa shape index (κ1) is 19.7. The van der Waals surface area contributed by atoms with Gasteiger partial charge in [-0.15, -0.1) is 0 Å². The van der Waals surface area contributed by atoms with Crippen LogP contribution in [0.3, 0.4) is 0 Å². The molecule has 0 aliphatic heterocycles. The van der Waals surface area contributed by atoms with E-state index in [0.29, 0.717) is 13.1 Å². The summed E-state index contributed by atoms with van der Waals surface area (Å²) in [5.74, 6) is 0. The molecule has 0 aliphatic carbocycles. The van der Waals surface area contributed by atoms with Crippen LogP contribution in [-0.2, 0) is 19.6 Å². The standard InChI is InChI=1S/C24H29N3O/c1-17-7-9-21(10-8-17)14-25-24(28)26-15-22-6-5-11-27(22)16-23-19(3)12-18(2)13-20(23)4/h5-13H,14-16H2,1-4H3,(H2,25,26,28). The van der Waals surface area contributed by atoms with E-state index in [4.69, 9.17) is 0 Å². The van der Waals surface area contributed by atoms with Crippen LogP contribution in [0.2, 0.25) is 0 Å². The van der Waals surface area contributed by atoms with Gasteiger partial charge in [0.05, 0.1) is 6.54 Å². The van der Waals surface area contributed by atoms with Crippen molar-refractivity contribution < 1.29 is 4.79 Å². The number of carbonyl (C=O) groups is 1. The van der Waals surface area contributed by atoms with Gasteiger partial charge in [0.1, 0.15) is 0 Å². The summed E-state index contributed by atoms with van der Waals surface area (Å²) in [6, 6.07) is 16.5. The van der Waals surface area contributed by atoms with Crippen molar-refractivity contribution in [1.29, 1.82) is 0 Å². The van der Waals surface area contributed by atoms with Crippen LogP contribution in [0.25, 0.3) is 0 Å². The Morgan fingerprint density at radius 3 is 2.18 bits per heavy atom. The van der Waals surface area contributed by atoms with Crippen LogP contribution < -0.4 is 10.6 Å². The highest BCUT2D eigenvalue weighted by Gasteiger charge is 2.08. The lowest BCUT2D eigenvalue weighted by Crippen LogP contribution is -2.35. The van der Waals surface area contributed by atoms with Crippen molar-refractivity contribution in [2.45, 2.75) is 47.3 Å². The molecule has 0 spiro atoms. The second-order valence-corrected chi connectivity index (χ2v) is 7.53. The number of nitrogens with zero attached hydrogens (tertiary/aromatic N) is 1. The maximum Gasteiger partial charge on any atom is 0.315 e. The Bertz CT molecular complexity index is 931. The van der Waals surface area contributed by atoms with Gasteiger partial charge < -0.3 is 15.2 Å². The minimum Gasteiger partial charge on any atom is -0.345 e. The Balaban J connectivity index is 1.57. The smallest absolute Gasteiger partial charge is 0.315 e. The predicted molar refractivity (Wildman–Crippen MR) is 114 cm³/mol. The molecule has 0 aliphatic rings. The molecular formula is C24H29N3O. The van der Waals surface area contributed by atoms with E-state index >= 15 is 0 Å². The molecule has 4 nitrogen and oxygen atoms in total. The Morgan fingerprint density at radius 2 is 1.50 bits per heavy atom. The van der Waals surface area contributed by atoms with Gasteiger partial charge in [-0.25, -0.2) is 4.79 Å². The Morgan fingerprint density at radius 1 is 0.857 bits per heavy atom. The molecule has 1 heterocycles. The third-order valence-electron chi connectivity index (χ3n) is 5.10. The molecule has 28 heavy (non-hydrogen) atoms. The minimum absolute atomic E-state index is 0.156. The number of hydrogen-bond acceptors (Lipinski definition) is 1. The first-order valence-corrected chi connectivity index (χ1v) is 9.70. The molecule has 2 amide bonds. The molecule has 0 bridgehead atoms. The SMILES string of the molecule is Cc1ccc(CNC(=O)NCc2cccn2Cc2c(C)cc(C)cc2C)cc1. The molecule has 4 heteroatoms. The molecule has 0 atom stereocenters. The summed E-state index contributed by atoms with van der Waals surface area (Å²) in [5.41, 5.74) is 8.64. The van der Waals surface area contributed by atoms with E-state index in [-0.39, 0.29) is 6.03 Å². The van der Waals surface area contributed by atoms with Crippen LogP contribution in [0, 0.1) is 27.7 Å². The number of nitrogens with one attached hydrogen (secondary N) is 2. The summed E-state index contributed by atoms with van der Waals surface area (Å²) in [5, 5.41) is 5.88. The van der Waals surface area contributed by atoms with Crippen molar-refractivity contribution in [3.8, 4) is 0 Å². The van der Waals surface area contributed by atoms with Crippen molar-refractivity contribution in [2.75, 3.05) is 0 Å². The molecule has 3 rings (SSSR count). The van der Waals surface area contributed by atoms with Crippen molar-refractivity contribution >= 4 is 6.03 Å². The zero-order valence-electron chi connectivity index (χ0n) is 17.2. The van der Waals surface area contributed by atoms with Crippen LogP contribution >= 0.6 is 0 Å². The van der Waals surface area contributed by atoms with Gasteiger partial charge in [0.25, 0.3) is 0 Å². The lowest BCUT2D eigenvalue weighted by Gasteiger charge is -2.15. The Labute approximate surface area is 167 Å². The van der Waals surface area contributed by atoms with Gasteiger partial charge >= 0.3 is 6.03 Å². The average Bonchev–Trinajstić information content (AvgIpc) is 3.09. The number of carbonyl (C=O) groups excluding carboxylic acids is 1. The number of hydrogen-bond donors (Lipinski definition) is 2. The fourth-order valence-corrected chi connectivity index (χ4v) is 3.52. The van der Waals surface area contributed by atoms with Gasteiger partial charge in [0.2, 0.25) is 0 Å². The molecule has 0 unspecified atom stereocenters. The molecule has 3 aromatic rings. The summed E-state index contributed by atoms with van der Waals surface area (Å²) in [6.45, 7) is 10.3. The topological polar surface area (TPSA) is 46.1 Å². The lowest BCUT2D eigenvalue weighted by atomic mass is 10.00. The quantitative estimate of drug-likeness (QED) is 0.640. The first-order valence-electron chi connectivity index (χ1n) is 9.70. The van der Waals surface area contributed by atoms with Crippen LogP contribution in [0.15, 0.2) is 54.7 Å². The van der Waals surface area contributed by atoms with Gasteiger partial charge in [0.15, 0.2) is 0 Å². The molecule has 0 saturated heterocycles. The van der Waals surface area contributed by atoms with E-state index in [1.807, 2.05) is 18.2 Å². The number of rotatable bonds is 6. The highest BCUT2D eigenvalue weighted by molar-refractivity contribution is 5.73. The minimum atomic E-state index is -0.156. The Kier molecular flexibility index (Phi) is 6.19. The zero-order chi connectivity index (χ0) is 20.1. The van der Waals surface area contributed by atoms with E-state index in [0.717, 1.165) is 17.8 Å². The normalized spacial score (nSPS) is 10.7. The van der Waals surface area contributed by atoms with Gasteiger partial charge in [-0.2, -0.15) is 0 Å². The fourth-order valence-electron chi connectivity index (χ4n) is 3.52. The third-order valence-corrected chi connectivity index (χ3v) is 5.10. The van der Waals surface area contributed by atoms with Crippen molar-refractivity contribution in [1.82, 2.24) is 15.2 Å². The fraction of sp³-hybridized carbons (Fsp3) is 0.292. The zero-order valence-corrected chi connectivity index (χ0v) is 17.2. The maximum atomic E-state index is 12.2. The summed E-state index contributed by atoms with van der Waals surface area (Å²) in [4.78, 5) is 12.2. The highest BCUT2D eigenvalue weighted by atomic mass is 16.2. The molecule has 2 N–H and O–H groups in total. The summed E-state index contributed by atoms with van der Waals surface area (Å²) < 4.78 is 2.20. The van der Waals surface area contributed by atoms with Crippen LogP contribution in [0.4, 0.5) is 4.79 Å². The molecule has 0 fully saturated rings. The second-order valence-electron chi connectivity index (χ2n) is 7.53. The molecule has 1 aromatic heterocycles. The number of aromatic nitrogens is 1. The van der Waals surface area contributed by atoms with Gasteiger partial charge in [-0.1, -0.05) is 47.5 Å². The highest BCUT2D eigenvalue weighted by Crippen LogP contribution is 2.18. The lowest BCUT2D eigenvalue weighted by molar-refractivity contribution is 0.240. The van der Waals surface area contributed by atoms with Gasteiger partial charge in [-0.3, -0.25) is 0 Å². The van der Waals surface area contributed by atoms with E-state index in [2.05, 4.69) is 79.4 Å². The molecule has 0 radical (unpaired) electrons. The monoisotopic (exact) mass is 375 g/mol. The molecule has 0 saturated carbocycles. The van der Waals surface area contributed by atoms with Crippen molar-refractivity contribution in [2.24, 2.45) is 0 Å². The molecule has 146 valence electrons. The number of urea groups is 1. The molecular weight excluding hydrogens is 346 g/mol. The van der Waals surface area contributed by atoms with E-state index in [1.165, 1.54) is 27.8 Å². The predicted octanol–water partition coefficient (Wildman–Crippen LogP) is 4.77. The van der Waals surface area contributed by atoms with E-state index in [1.54, 1.807) is 0 Å². The average molecular weight is 376 g/mol. The maximum absolute atomic E-state index is 12.2. The van der Waals surface area contributed by atoms with Crippen LogP contribution in [0.5, 0.6) is 0 Å². The van der Waals surface area contributed by atoms with Crippen LogP contribution in [0.1, 0.15) is 39.1 Å². The number of amides is 2. The second kappa shape index (κ2) is 8.79. The van der Waals surface area contributed by atoms with E-state index in [9.17, 15) is 4.79 Å². The summed E-state index contributed by atoms with van der Waals surface area (Å²) in [7, 11) is 0. The van der Waals surface area contributed by atoms with Gasteiger partial charge in [-0.05, 0) is 62.1 Å². The number of aryl methyl sites for hydroxylation is 4. The Hall–Kier alpha value is -3.01. The first-order chi connectivity index (χ1) is 13.4. The van der Waals surface area contributed by atoms with Crippen molar-refractivity contribution in [3.05, 3.63) is 93.8 Å². The van der Waals surface area contributed by atoms with E-state index < -0.39 is 0 Å². The third kappa shape index (κ3) is 5.03. The summed E-state index contributed by atoms with van der Waals surface area (Å²) >= 11 is 0. The number of benzene rings is 2.